The van der Waals surface area contributed by atoms with Gasteiger partial charge in [0, 0.05) is 24.4 Å². The molecular weight excluding hydrogens is 346 g/mol. The number of anilines is 2. The van der Waals surface area contributed by atoms with Gasteiger partial charge in [-0.15, -0.1) is 11.3 Å². The van der Waals surface area contributed by atoms with Crippen molar-refractivity contribution in [3.63, 3.8) is 0 Å². The summed E-state index contributed by atoms with van der Waals surface area (Å²) in [6, 6.07) is 15.9. The van der Waals surface area contributed by atoms with Crippen molar-refractivity contribution in [3.8, 4) is 11.3 Å². The second-order valence-electron chi connectivity index (χ2n) is 5.87. The molecule has 0 atom stereocenters. The molecule has 0 saturated heterocycles. The van der Waals surface area contributed by atoms with Crippen molar-refractivity contribution in [3.05, 3.63) is 59.5 Å². The van der Waals surface area contributed by atoms with Crippen LogP contribution in [0.1, 0.15) is 12.5 Å². The number of hydrogen-bond donors (Lipinski definition) is 3. The van der Waals surface area contributed by atoms with Crippen LogP contribution in [0.15, 0.2) is 53.9 Å². The molecule has 3 N–H and O–H groups in total. The molecule has 2 aromatic carbocycles. The van der Waals surface area contributed by atoms with Crippen molar-refractivity contribution in [1.82, 2.24) is 20.3 Å². The number of thiazole rings is 1. The van der Waals surface area contributed by atoms with Crippen LogP contribution in [0.4, 0.5) is 11.1 Å². The van der Waals surface area contributed by atoms with E-state index in [9.17, 15) is 4.79 Å². The van der Waals surface area contributed by atoms with Crippen LogP contribution in [0.3, 0.4) is 0 Å². The summed E-state index contributed by atoms with van der Waals surface area (Å²) in [5, 5.41) is 8.80. The second kappa shape index (κ2) is 6.97. The van der Waals surface area contributed by atoms with E-state index in [-0.39, 0.29) is 5.91 Å². The number of amides is 1. The van der Waals surface area contributed by atoms with E-state index in [1.165, 1.54) is 18.3 Å². The highest BCUT2D eigenvalue weighted by Crippen LogP contribution is 2.27. The highest BCUT2D eigenvalue weighted by Gasteiger charge is 2.08. The van der Waals surface area contributed by atoms with Gasteiger partial charge in [0.25, 0.3) is 0 Å². The molecule has 26 heavy (non-hydrogen) atoms. The highest BCUT2D eigenvalue weighted by atomic mass is 32.1. The monoisotopic (exact) mass is 363 g/mol. The third kappa shape index (κ3) is 3.57. The van der Waals surface area contributed by atoms with Crippen LogP contribution in [-0.2, 0) is 11.3 Å². The standard InChI is InChI=1S/C19H17N5OS/c1-12(25)20-10-13-6-8-14(9-7-13)17-11-26-19(23-17)24-18-21-15-4-2-3-5-16(15)22-18/h2-9,11H,10H2,1H3,(H,20,25)(H2,21,22,23,24). The van der Waals surface area contributed by atoms with Crippen LogP contribution >= 0.6 is 11.3 Å². The van der Waals surface area contributed by atoms with Gasteiger partial charge in [-0.05, 0) is 17.7 Å². The first-order valence-electron chi connectivity index (χ1n) is 8.18. The van der Waals surface area contributed by atoms with Crippen LogP contribution in [0, 0.1) is 0 Å². The Kier molecular flexibility index (Phi) is 4.37. The number of carbonyl (C=O) groups is 1. The molecular formula is C19H17N5OS. The molecule has 0 saturated carbocycles. The number of fused-ring (bicyclic) bond motifs is 1. The molecule has 0 aliphatic carbocycles. The summed E-state index contributed by atoms with van der Waals surface area (Å²) in [6.07, 6.45) is 0. The lowest BCUT2D eigenvalue weighted by Crippen LogP contribution is -2.18. The number of nitrogens with zero attached hydrogens (tertiary/aromatic N) is 2. The lowest BCUT2D eigenvalue weighted by Gasteiger charge is -2.03. The minimum atomic E-state index is -0.0325. The van der Waals surface area contributed by atoms with E-state index in [4.69, 9.17) is 0 Å². The van der Waals surface area contributed by atoms with E-state index in [0.717, 1.165) is 33.0 Å². The molecule has 130 valence electrons. The number of imidazole rings is 1. The first-order chi connectivity index (χ1) is 12.7. The molecule has 0 spiro atoms. The fourth-order valence-corrected chi connectivity index (χ4v) is 3.32. The van der Waals surface area contributed by atoms with Crippen LogP contribution < -0.4 is 10.6 Å². The predicted octanol–water partition coefficient (Wildman–Crippen LogP) is 4.07. The Balaban J connectivity index is 1.47. The summed E-state index contributed by atoms with van der Waals surface area (Å²) < 4.78 is 0. The number of aromatic nitrogens is 3. The number of hydrogen-bond acceptors (Lipinski definition) is 5. The van der Waals surface area contributed by atoms with Gasteiger partial charge in [0.2, 0.25) is 11.9 Å². The molecule has 0 radical (unpaired) electrons. The molecule has 0 unspecified atom stereocenters. The number of H-pyrrole nitrogens is 1. The summed E-state index contributed by atoms with van der Waals surface area (Å²) >= 11 is 1.53. The molecule has 2 aromatic heterocycles. The number of aromatic amines is 1. The lowest BCUT2D eigenvalue weighted by molar-refractivity contribution is -0.119. The number of benzene rings is 2. The average molecular weight is 363 g/mol. The predicted molar refractivity (Wildman–Crippen MR) is 104 cm³/mol. The van der Waals surface area contributed by atoms with E-state index in [1.54, 1.807) is 0 Å². The van der Waals surface area contributed by atoms with E-state index in [2.05, 4.69) is 25.6 Å². The molecule has 0 aliphatic rings. The topological polar surface area (TPSA) is 82.7 Å². The van der Waals surface area contributed by atoms with Crippen LogP contribution in [0.2, 0.25) is 0 Å². The van der Waals surface area contributed by atoms with Gasteiger partial charge in [0.05, 0.1) is 16.7 Å². The number of rotatable bonds is 5. The van der Waals surface area contributed by atoms with Gasteiger partial charge in [-0.25, -0.2) is 9.97 Å². The van der Waals surface area contributed by atoms with Crippen LogP contribution in [0.5, 0.6) is 0 Å². The van der Waals surface area contributed by atoms with Gasteiger partial charge >= 0.3 is 0 Å². The average Bonchev–Trinajstić information content (AvgIpc) is 3.27. The van der Waals surface area contributed by atoms with Gasteiger partial charge in [0.1, 0.15) is 0 Å². The summed E-state index contributed by atoms with van der Waals surface area (Å²) in [5.74, 6) is 0.646. The molecule has 4 aromatic rings. The number of nitrogens with one attached hydrogen (secondary N) is 3. The Morgan fingerprint density at radius 3 is 2.69 bits per heavy atom. The smallest absolute Gasteiger partial charge is 0.217 e. The van der Waals surface area contributed by atoms with Crippen LogP contribution in [0.25, 0.3) is 22.3 Å². The molecule has 0 bridgehead atoms. The van der Waals surface area contributed by atoms with Crippen molar-refractivity contribution >= 4 is 39.4 Å². The minimum absolute atomic E-state index is 0.0325. The quantitative estimate of drug-likeness (QED) is 0.499. The van der Waals surface area contributed by atoms with Crippen molar-refractivity contribution in [2.24, 2.45) is 0 Å². The maximum Gasteiger partial charge on any atom is 0.217 e. The lowest BCUT2D eigenvalue weighted by atomic mass is 10.1. The number of carbonyl (C=O) groups excluding carboxylic acids is 1. The maximum atomic E-state index is 11.0. The molecule has 2 heterocycles. The van der Waals surface area contributed by atoms with Crippen molar-refractivity contribution in [2.45, 2.75) is 13.5 Å². The zero-order valence-corrected chi connectivity index (χ0v) is 14.9. The molecule has 6 nitrogen and oxygen atoms in total. The maximum absolute atomic E-state index is 11.0. The Bertz CT molecular complexity index is 1020. The zero-order chi connectivity index (χ0) is 17.9. The second-order valence-corrected chi connectivity index (χ2v) is 6.73. The molecule has 0 fully saturated rings. The molecule has 7 heteroatoms. The van der Waals surface area contributed by atoms with Crippen molar-refractivity contribution < 1.29 is 4.79 Å². The van der Waals surface area contributed by atoms with E-state index in [0.29, 0.717) is 12.5 Å². The van der Waals surface area contributed by atoms with Crippen molar-refractivity contribution in [2.75, 3.05) is 5.32 Å². The third-order valence-corrected chi connectivity index (χ3v) is 4.67. The van der Waals surface area contributed by atoms with Gasteiger partial charge in [-0.3, -0.25) is 4.79 Å². The van der Waals surface area contributed by atoms with E-state index < -0.39 is 0 Å². The molecule has 4 rings (SSSR count). The summed E-state index contributed by atoms with van der Waals surface area (Å²) in [6.45, 7) is 2.05. The Morgan fingerprint density at radius 2 is 1.92 bits per heavy atom. The summed E-state index contributed by atoms with van der Waals surface area (Å²) in [4.78, 5) is 23.3. The van der Waals surface area contributed by atoms with E-state index >= 15 is 0 Å². The summed E-state index contributed by atoms with van der Waals surface area (Å²) in [7, 11) is 0. The zero-order valence-electron chi connectivity index (χ0n) is 14.1. The van der Waals surface area contributed by atoms with Crippen LogP contribution in [-0.4, -0.2) is 20.9 Å². The van der Waals surface area contributed by atoms with E-state index in [1.807, 2.05) is 53.9 Å². The SMILES string of the molecule is CC(=O)NCc1ccc(-c2csc(Nc3nc4ccccc4[nH]3)n2)cc1. The normalized spacial score (nSPS) is 10.8. The fraction of sp³-hybridized carbons (Fsp3) is 0.105. The van der Waals surface area contributed by atoms with Gasteiger partial charge < -0.3 is 15.6 Å². The molecule has 0 aliphatic heterocycles. The Morgan fingerprint density at radius 1 is 1.12 bits per heavy atom. The highest BCUT2D eigenvalue weighted by molar-refractivity contribution is 7.14. The van der Waals surface area contributed by atoms with Crippen molar-refractivity contribution in [1.29, 1.82) is 0 Å². The number of para-hydroxylation sites is 2. The fourth-order valence-electron chi connectivity index (χ4n) is 2.60. The largest absolute Gasteiger partial charge is 0.352 e. The van der Waals surface area contributed by atoms with Gasteiger partial charge in [0.15, 0.2) is 5.13 Å². The van der Waals surface area contributed by atoms with Gasteiger partial charge in [-0.1, -0.05) is 36.4 Å². The third-order valence-electron chi connectivity index (χ3n) is 3.91. The first-order valence-corrected chi connectivity index (χ1v) is 9.06. The Labute approximate surface area is 154 Å². The van der Waals surface area contributed by atoms with Gasteiger partial charge in [-0.2, -0.15) is 0 Å². The summed E-state index contributed by atoms with van der Waals surface area (Å²) in [5.41, 5.74) is 4.90. The molecule has 1 amide bonds. The Hall–Kier alpha value is -3.19. The minimum Gasteiger partial charge on any atom is -0.352 e. The first kappa shape index (κ1) is 16.3.